The third kappa shape index (κ3) is 2.19. The van der Waals surface area contributed by atoms with Crippen LogP contribution in [0.25, 0.3) is 22.7 Å². The average Bonchev–Trinajstić information content (AvgIpc) is 2.89. The van der Waals surface area contributed by atoms with E-state index in [4.69, 9.17) is 16.6 Å². The SMILES string of the molecule is Cn1nc(-c2ccccc2)cc(-c2n[nH]c(=S)o2)c1=O. The lowest BCUT2D eigenvalue weighted by Crippen LogP contribution is -2.21. The summed E-state index contributed by atoms with van der Waals surface area (Å²) in [5, 5.41) is 10.6. The van der Waals surface area contributed by atoms with E-state index >= 15 is 0 Å². The summed E-state index contributed by atoms with van der Waals surface area (Å²) in [7, 11) is 1.58. The van der Waals surface area contributed by atoms with E-state index < -0.39 is 0 Å². The number of H-pyrrole nitrogens is 1. The fourth-order valence-corrected chi connectivity index (χ4v) is 1.98. The van der Waals surface area contributed by atoms with E-state index in [9.17, 15) is 4.79 Å². The Hall–Kier alpha value is -2.54. The Morgan fingerprint density at radius 3 is 2.70 bits per heavy atom. The molecule has 6 nitrogen and oxygen atoms in total. The molecular formula is C13H10N4O2S. The van der Waals surface area contributed by atoms with Gasteiger partial charge in [0.2, 0.25) is 0 Å². The number of nitrogens with one attached hydrogen (secondary N) is 1. The summed E-state index contributed by atoms with van der Waals surface area (Å²) < 4.78 is 6.46. The fourth-order valence-electron chi connectivity index (χ4n) is 1.86. The van der Waals surface area contributed by atoms with Crippen LogP contribution in [0.4, 0.5) is 0 Å². The van der Waals surface area contributed by atoms with E-state index in [1.165, 1.54) is 4.68 Å². The number of aryl methyl sites for hydroxylation is 1. The van der Waals surface area contributed by atoms with Gasteiger partial charge in [0.05, 0.1) is 5.69 Å². The molecule has 0 fully saturated rings. The molecule has 7 heteroatoms. The molecule has 2 heterocycles. The van der Waals surface area contributed by atoms with Crippen molar-refractivity contribution in [3.63, 3.8) is 0 Å². The minimum Gasteiger partial charge on any atom is -0.409 e. The molecule has 0 bridgehead atoms. The predicted molar refractivity (Wildman–Crippen MR) is 75.6 cm³/mol. The molecule has 0 saturated heterocycles. The number of benzene rings is 1. The zero-order valence-electron chi connectivity index (χ0n) is 10.5. The number of hydrogen-bond donors (Lipinski definition) is 1. The minimum atomic E-state index is -0.296. The molecule has 0 atom stereocenters. The first-order valence-corrected chi connectivity index (χ1v) is 6.25. The van der Waals surface area contributed by atoms with Crippen LogP contribution in [0.2, 0.25) is 0 Å². The van der Waals surface area contributed by atoms with Crippen molar-refractivity contribution in [2.24, 2.45) is 7.05 Å². The zero-order chi connectivity index (χ0) is 14.1. The van der Waals surface area contributed by atoms with Crippen molar-refractivity contribution in [2.75, 3.05) is 0 Å². The highest BCUT2D eigenvalue weighted by atomic mass is 32.1. The standard InChI is InChI=1S/C13H10N4O2S/c1-17-12(18)9(11-14-15-13(20)19-11)7-10(16-17)8-5-3-2-4-6-8/h2-7H,1H3,(H,15,20). The summed E-state index contributed by atoms with van der Waals surface area (Å²) >= 11 is 4.83. The molecule has 0 aliphatic rings. The fraction of sp³-hybridized carbons (Fsp3) is 0.0769. The summed E-state index contributed by atoms with van der Waals surface area (Å²) in [6, 6.07) is 11.2. The van der Waals surface area contributed by atoms with E-state index in [0.29, 0.717) is 11.3 Å². The van der Waals surface area contributed by atoms with Crippen LogP contribution in [0.15, 0.2) is 45.6 Å². The highest BCUT2D eigenvalue weighted by Gasteiger charge is 2.14. The molecule has 0 amide bonds. The lowest BCUT2D eigenvalue weighted by Gasteiger charge is -2.05. The quantitative estimate of drug-likeness (QED) is 0.730. The third-order valence-electron chi connectivity index (χ3n) is 2.80. The molecule has 2 aromatic heterocycles. The van der Waals surface area contributed by atoms with Gasteiger partial charge in [-0.25, -0.2) is 9.78 Å². The molecule has 0 aliphatic heterocycles. The first-order chi connectivity index (χ1) is 9.65. The maximum absolute atomic E-state index is 12.1. The normalized spacial score (nSPS) is 10.7. The van der Waals surface area contributed by atoms with Crippen LogP contribution in [0, 0.1) is 4.84 Å². The maximum atomic E-state index is 12.1. The van der Waals surface area contributed by atoms with E-state index in [-0.39, 0.29) is 16.3 Å². The highest BCUT2D eigenvalue weighted by molar-refractivity contribution is 7.71. The molecule has 100 valence electrons. The largest absolute Gasteiger partial charge is 0.409 e. The van der Waals surface area contributed by atoms with Gasteiger partial charge < -0.3 is 4.42 Å². The van der Waals surface area contributed by atoms with Crippen LogP contribution in [0.5, 0.6) is 0 Å². The predicted octanol–water partition coefficient (Wildman–Crippen LogP) is 2.16. The van der Waals surface area contributed by atoms with Gasteiger partial charge in [-0.1, -0.05) is 30.3 Å². The van der Waals surface area contributed by atoms with Gasteiger partial charge in [0.25, 0.3) is 16.3 Å². The Kier molecular flexibility index (Phi) is 3.03. The smallest absolute Gasteiger partial charge is 0.284 e. The van der Waals surface area contributed by atoms with Crippen LogP contribution in [-0.4, -0.2) is 20.0 Å². The van der Waals surface area contributed by atoms with Crippen molar-refractivity contribution in [1.82, 2.24) is 20.0 Å². The van der Waals surface area contributed by atoms with Gasteiger partial charge >= 0.3 is 0 Å². The summed E-state index contributed by atoms with van der Waals surface area (Å²) in [6.07, 6.45) is 0. The summed E-state index contributed by atoms with van der Waals surface area (Å²) in [4.78, 5) is 12.2. The monoisotopic (exact) mass is 286 g/mol. The summed E-state index contributed by atoms with van der Waals surface area (Å²) in [6.45, 7) is 0. The zero-order valence-corrected chi connectivity index (χ0v) is 11.3. The van der Waals surface area contributed by atoms with E-state index in [0.717, 1.165) is 5.56 Å². The lowest BCUT2D eigenvalue weighted by molar-refractivity contribution is 0.549. The highest BCUT2D eigenvalue weighted by Crippen LogP contribution is 2.20. The second kappa shape index (κ2) is 4.86. The second-order valence-electron chi connectivity index (χ2n) is 4.16. The van der Waals surface area contributed by atoms with Crippen molar-refractivity contribution in [3.8, 4) is 22.7 Å². The molecule has 3 aromatic rings. The molecule has 0 unspecified atom stereocenters. The Morgan fingerprint density at radius 1 is 1.30 bits per heavy atom. The van der Waals surface area contributed by atoms with Crippen LogP contribution in [0.1, 0.15) is 0 Å². The maximum Gasteiger partial charge on any atom is 0.284 e. The van der Waals surface area contributed by atoms with Gasteiger partial charge in [-0.2, -0.15) is 5.10 Å². The summed E-state index contributed by atoms with van der Waals surface area (Å²) in [5.74, 6) is 0.162. The van der Waals surface area contributed by atoms with Gasteiger partial charge in [0.15, 0.2) is 0 Å². The van der Waals surface area contributed by atoms with Crippen LogP contribution < -0.4 is 5.56 Å². The first kappa shape index (κ1) is 12.5. The van der Waals surface area contributed by atoms with E-state index in [1.807, 2.05) is 30.3 Å². The number of aromatic nitrogens is 4. The molecule has 0 spiro atoms. The average molecular weight is 286 g/mol. The Bertz CT molecular complexity index is 864. The minimum absolute atomic E-state index is 0.125. The number of hydrogen-bond acceptors (Lipinski definition) is 5. The van der Waals surface area contributed by atoms with Crippen molar-refractivity contribution < 1.29 is 4.42 Å². The Labute approximate surface area is 118 Å². The van der Waals surface area contributed by atoms with Gasteiger partial charge in [0.1, 0.15) is 5.56 Å². The van der Waals surface area contributed by atoms with Crippen LogP contribution in [0.3, 0.4) is 0 Å². The molecule has 3 rings (SSSR count). The van der Waals surface area contributed by atoms with E-state index in [2.05, 4.69) is 15.3 Å². The molecule has 20 heavy (non-hydrogen) atoms. The van der Waals surface area contributed by atoms with Crippen LogP contribution >= 0.6 is 12.2 Å². The number of rotatable bonds is 2. The van der Waals surface area contributed by atoms with Gasteiger partial charge in [-0.3, -0.25) is 4.79 Å². The van der Waals surface area contributed by atoms with Crippen LogP contribution in [-0.2, 0) is 7.05 Å². The number of nitrogens with zero attached hydrogens (tertiary/aromatic N) is 3. The molecular weight excluding hydrogens is 276 g/mol. The number of aromatic amines is 1. The van der Waals surface area contributed by atoms with E-state index in [1.54, 1.807) is 13.1 Å². The van der Waals surface area contributed by atoms with Gasteiger partial charge in [0, 0.05) is 12.6 Å². The van der Waals surface area contributed by atoms with Crippen molar-refractivity contribution >= 4 is 12.2 Å². The lowest BCUT2D eigenvalue weighted by atomic mass is 10.1. The molecule has 0 saturated carbocycles. The molecule has 1 N–H and O–H groups in total. The van der Waals surface area contributed by atoms with Gasteiger partial charge in [-0.05, 0) is 18.3 Å². The molecule has 0 aliphatic carbocycles. The third-order valence-corrected chi connectivity index (χ3v) is 2.98. The topological polar surface area (TPSA) is 76.7 Å². The molecule has 1 aromatic carbocycles. The van der Waals surface area contributed by atoms with Crippen molar-refractivity contribution in [3.05, 3.63) is 51.6 Å². The second-order valence-corrected chi connectivity index (χ2v) is 4.53. The van der Waals surface area contributed by atoms with Gasteiger partial charge in [-0.15, -0.1) is 5.10 Å². The Balaban J connectivity index is 2.23. The Morgan fingerprint density at radius 2 is 2.05 bits per heavy atom. The van der Waals surface area contributed by atoms with Crippen molar-refractivity contribution in [2.45, 2.75) is 0 Å². The summed E-state index contributed by atoms with van der Waals surface area (Å²) in [5.41, 5.74) is 1.58. The first-order valence-electron chi connectivity index (χ1n) is 5.85. The van der Waals surface area contributed by atoms with Crippen molar-refractivity contribution in [1.29, 1.82) is 0 Å². The molecule has 0 radical (unpaired) electrons.